The minimum Gasteiger partial charge on any atom is -0.354 e. The first-order valence-electron chi connectivity index (χ1n) is 16.4. The highest BCUT2D eigenvalue weighted by Gasteiger charge is 2.14. The highest BCUT2D eigenvalue weighted by Crippen LogP contribution is 2.42. The van der Waals surface area contributed by atoms with E-state index in [2.05, 4.69) is 79.5 Å². The second-order valence-electron chi connectivity index (χ2n) is 11.9. The molecule has 0 saturated heterocycles. The van der Waals surface area contributed by atoms with Crippen molar-refractivity contribution in [2.24, 2.45) is 0 Å². The predicted octanol–water partition coefficient (Wildman–Crippen LogP) is 13.7. The normalized spacial score (nSPS) is 12.1. The van der Waals surface area contributed by atoms with Gasteiger partial charge in [0.2, 0.25) is 0 Å². The molecule has 0 amide bonds. The molecule has 0 unspecified atom stereocenters. The SMILES string of the molecule is CCCCCCCCSc1ccc2c(c1)[nH]c1c2ccc2c1ccc1c3ccc(SCCCCCCCC)cc3sc12. The summed E-state index contributed by atoms with van der Waals surface area (Å²) in [7, 11) is 0. The summed E-state index contributed by atoms with van der Waals surface area (Å²) < 4.78 is 2.82. The molecular weight excluding hydrogens is 567 g/mol. The molecule has 6 aromatic rings. The van der Waals surface area contributed by atoms with Gasteiger partial charge in [-0.3, -0.25) is 0 Å². The minimum absolute atomic E-state index is 1.21. The van der Waals surface area contributed by atoms with E-state index in [0.717, 1.165) is 0 Å². The molecule has 0 saturated carbocycles. The molecule has 0 fully saturated rings. The van der Waals surface area contributed by atoms with Gasteiger partial charge in [-0.2, -0.15) is 0 Å². The first kappa shape index (κ1) is 29.9. The Bertz CT molecular complexity index is 1640. The molecule has 6 rings (SSSR count). The number of unbranched alkanes of at least 4 members (excludes halogenated alkanes) is 10. The molecular formula is C38H45NS3. The van der Waals surface area contributed by atoms with Crippen molar-refractivity contribution in [3.05, 3.63) is 60.7 Å². The van der Waals surface area contributed by atoms with Crippen molar-refractivity contribution in [2.45, 2.75) is 101 Å². The standard InChI is InChI=1S/C38H45NS3/c1-3-5-7-9-11-13-23-40-27-15-17-29-31-19-22-34-32(37(31)39-35(29)25-27)20-21-33-30-18-16-28(26-36(30)42-38(33)34)41-24-14-12-10-8-6-4-2/h15-22,25-26,39H,3-14,23-24H2,1-2H3. The number of aromatic nitrogens is 1. The lowest BCUT2D eigenvalue weighted by atomic mass is 10.0. The zero-order chi connectivity index (χ0) is 28.7. The average molecular weight is 612 g/mol. The fourth-order valence-corrected chi connectivity index (χ4v) is 9.54. The van der Waals surface area contributed by atoms with E-state index in [1.54, 1.807) is 0 Å². The summed E-state index contributed by atoms with van der Waals surface area (Å²) in [5.74, 6) is 2.44. The highest BCUT2D eigenvalue weighted by atomic mass is 32.2. The van der Waals surface area contributed by atoms with Crippen LogP contribution in [0.4, 0.5) is 0 Å². The van der Waals surface area contributed by atoms with Crippen LogP contribution in [0.2, 0.25) is 0 Å². The minimum atomic E-state index is 1.21. The number of nitrogens with one attached hydrogen (secondary N) is 1. The molecule has 2 heterocycles. The average Bonchev–Trinajstić information content (AvgIpc) is 3.58. The second kappa shape index (κ2) is 14.6. The molecule has 0 radical (unpaired) electrons. The van der Waals surface area contributed by atoms with Crippen LogP contribution in [-0.4, -0.2) is 16.5 Å². The summed E-state index contributed by atoms with van der Waals surface area (Å²) in [6.07, 6.45) is 16.3. The molecule has 42 heavy (non-hydrogen) atoms. The molecule has 0 aliphatic heterocycles. The van der Waals surface area contributed by atoms with Crippen molar-refractivity contribution in [3.8, 4) is 0 Å². The van der Waals surface area contributed by atoms with Crippen LogP contribution in [0.3, 0.4) is 0 Å². The maximum absolute atomic E-state index is 3.83. The van der Waals surface area contributed by atoms with E-state index < -0.39 is 0 Å². The van der Waals surface area contributed by atoms with Crippen LogP contribution in [0, 0.1) is 0 Å². The van der Waals surface area contributed by atoms with Crippen molar-refractivity contribution in [3.63, 3.8) is 0 Å². The molecule has 4 aromatic carbocycles. The molecule has 0 aliphatic carbocycles. The number of thioether (sulfide) groups is 2. The van der Waals surface area contributed by atoms with Crippen molar-refractivity contribution in [2.75, 3.05) is 11.5 Å². The Morgan fingerprint density at radius 1 is 0.524 bits per heavy atom. The molecule has 0 bridgehead atoms. The number of fused-ring (bicyclic) bond motifs is 9. The predicted molar refractivity (Wildman–Crippen MR) is 194 cm³/mol. The van der Waals surface area contributed by atoms with Crippen molar-refractivity contribution < 1.29 is 0 Å². The molecule has 220 valence electrons. The lowest BCUT2D eigenvalue weighted by molar-refractivity contribution is 0.627. The molecule has 2 aromatic heterocycles. The lowest BCUT2D eigenvalue weighted by Gasteiger charge is -2.03. The third kappa shape index (κ3) is 6.66. The smallest absolute Gasteiger partial charge is 0.0545 e. The quantitative estimate of drug-likeness (QED) is 0.0865. The Morgan fingerprint density at radius 3 is 1.69 bits per heavy atom. The van der Waals surface area contributed by atoms with Gasteiger partial charge in [0.15, 0.2) is 0 Å². The van der Waals surface area contributed by atoms with E-state index in [1.165, 1.54) is 151 Å². The third-order valence-corrected chi connectivity index (χ3v) is 12.0. The molecule has 1 nitrogen and oxygen atoms in total. The van der Waals surface area contributed by atoms with E-state index in [-0.39, 0.29) is 0 Å². The topological polar surface area (TPSA) is 15.8 Å². The van der Waals surface area contributed by atoms with Gasteiger partial charge in [0.1, 0.15) is 0 Å². The van der Waals surface area contributed by atoms with Gasteiger partial charge in [0.05, 0.1) is 5.52 Å². The molecule has 4 heteroatoms. The van der Waals surface area contributed by atoms with Crippen molar-refractivity contribution in [1.82, 2.24) is 4.98 Å². The number of aromatic amines is 1. The Morgan fingerprint density at radius 2 is 1.02 bits per heavy atom. The van der Waals surface area contributed by atoms with Gasteiger partial charge in [-0.1, -0.05) is 114 Å². The maximum atomic E-state index is 3.83. The summed E-state index contributed by atoms with van der Waals surface area (Å²) >= 11 is 6.00. The highest BCUT2D eigenvalue weighted by molar-refractivity contribution is 7.99. The van der Waals surface area contributed by atoms with Crippen LogP contribution in [0.15, 0.2) is 70.5 Å². The number of thiophene rings is 1. The number of hydrogen-bond donors (Lipinski definition) is 1. The monoisotopic (exact) mass is 611 g/mol. The first-order chi connectivity index (χ1) is 20.8. The Hall–Kier alpha value is -2.14. The van der Waals surface area contributed by atoms with Gasteiger partial charge in [-0.15, -0.1) is 34.9 Å². The Kier molecular flexibility index (Phi) is 10.4. The van der Waals surface area contributed by atoms with E-state index in [9.17, 15) is 0 Å². The summed E-state index contributed by atoms with van der Waals surface area (Å²) in [5.41, 5.74) is 2.53. The second-order valence-corrected chi connectivity index (χ2v) is 15.2. The van der Waals surface area contributed by atoms with Gasteiger partial charge >= 0.3 is 0 Å². The van der Waals surface area contributed by atoms with Gasteiger partial charge in [0, 0.05) is 57.0 Å². The lowest BCUT2D eigenvalue weighted by Crippen LogP contribution is -1.82. The number of hydrogen-bond acceptors (Lipinski definition) is 3. The maximum Gasteiger partial charge on any atom is 0.0545 e. The van der Waals surface area contributed by atoms with E-state index in [0.29, 0.717) is 0 Å². The number of rotatable bonds is 16. The van der Waals surface area contributed by atoms with E-state index in [1.807, 2.05) is 34.9 Å². The molecule has 1 N–H and O–H groups in total. The zero-order valence-electron chi connectivity index (χ0n) is 25.4. The van der Waals surface area contributed by atoms with Crippen molar-refractivity contribution >= 4 is 87.6 Å². The van der Waals surface area contributed by atoms with Gasteiger partial charge < -0.3 is 4.98 Å². The summed E-state index contributed by atoms with van der Waals surface area (Å²) in [6.45, 7) is 4.58. The van der Waals surface area contributed by atoms with Crippen LogP contribution in [0.25, 0.3) is 52.8 Å². The summed E-state index contributed by atoms with van der Waals surface area (Å²) in [4.78, 5) is 6.62. The zero-order valence-corrected chi connectivity index (χ0v) is 27.8. The van der Waals surface area contributed by atoms with Crippen molar-refractivity contribution in [1.29, 1.82) is 0 Å². The third-order valence-electron chi connectivity index (χ3n) is 8.68. The van der Waals surface area contributed by atoms with E-state index in [4.69, 9.17) is 0 Å². The fourth-order valence-electron chi connectivity index (χ4n) is 6.30. The summed E-state index contributed by atoms with van der Waals surface area (Å²) in [6, 6.07) is 23.5. The van der Waals surface area contributed by atoms with Crippen LogP contribution >= 0.6 is 34.9 Å². The van der Waals surface area contributed by atoms with Gasteiger partial charge in [0.25, 0.3) is 0 Å². The van der Waals surface area contributed by atoms with Gasteiger partial charge in [-0.05, 0) is 48.6 Å². The number of benzene rings is 4. The van der Waals surface area contributed by atoms with Crippen LogP contribution in [-0.2, 0) is 0 Å². The van der Waals surface area contributed by atoms with Crippen LogP contribution in [0.5, 0.6) is 0 Å². The molecule has 0 atom stereocenters. The van der Waals surface area contributed by atoms with E-state index >= 15 is 0 Å². The summed E-state index contributed by atoms with van der Waals surface area (Å²) in [5, 5.41) is 8.15. The molecule has 0 aliphatic rings. The first-order valence-corrected chi connectivity index (χ1v) is 19.1. The van der Waals surface area contributed by atoms with Crippen LogP contribution in [0.1, 0.15) is 90.9 Å². The fraction of sp³-hybridized carbons (Fsp3) is 0.421. The number of H-pyrrole nitrogens is 1. The Balaban J connectivity index is 1.20. The molecule has 0 spiro atoms. The largest absolute Gasteiger partial charge is 0.354 e. The van der Waals surface area contributed by atoms with Gasteiger partial charge in [-0.25, -0.2) is 0 Å². The Labute approximate surface area is 264 Å². The van der Waals surface area contributed by atoms with Crippen LogP contribution < -0.4 is 0 Å².